The predicted molar refractivity (Wildman–Crippen MR) is 139 cm³/mol. The lowest BCUT2D eigenvalue weighted by Crippen LogP contribution is -2.53. The molecule has 0 amide bonds. The third-order valence-corrected chi connectivity index (χ3v) is 6.48. The first-order valence-electron chi connectivity index (χ1n) is 11.2. The van der Waals surface area contributed by atoms with Crippen molar-refractivity contribution in [3.8, 4) is 0 Å². The fraction of sp³-hybridized carbons (Fsp3) is 0.480. The normalized spacial score (nSPS) is 19.1. The molecule has 168 valence electrons. The van der Waals surface area contributed by atoms with E-state index in [4.69, 9.17) is 15.5 Å². The molecular formula is C25H35IN4O. The van der Waals surface area contributed by atoms with Gasteiger partial charge in [-0.3, -0.25) is 4.99 Å². The van der Waals surface area contributed by atoms with Gasteiger partial charge in [0.2, 0.25) is 0 Å². The zero-order valence-corrected chi connectivity index (χ0v) is 20.7. The Bertz CT molecular complexity index is 865. The lowest BCUT2D eigenvalue weighted by Gasteiger charge is -2.39. The van der Waals surface area contributed by atoms with Crippen molar-refractivity contribution in [2.24, 2.45) is 10.7 Å². The van der Waals surface area contributed by atoms with E-state index in [9.17, 15) is 0 Å². The van der Waals surface area contributed by atoms with Crippen LogP contribution in [0.3, 0.4) is 0 Å². The number of hydrogen-bond acceptors (Lipinski definition) is 3. The Morgan fingerprint density at radius 2 is 1.81 bits per heavy atom. The highest BCUT2D eigenvalue weighted by molar-refractivity contribution is 14.0. The highest BCUT2D eigenvalue weighted by Gasteiger charge is 2.34. The number of nitrogens with zero attached hydrogens (tertiary/aromatic N) is 1. The number of anilines is 1. The molecule has 0 aromatic heterocycles. The molecule has 2 aliphatic rings. The van der Waals surface area contributed by atoms with E-state index in [0.717, 1.165) is 44.6 Å². The highest BCUT2D eigenvalue weighted by Crippen LogP contribution is 2.28. The van der Waals surface area contributed by atoms with E-state index in [1.807, 2.05) is 0 Å². The lowest BCUT2D eigenvalue weighted by atomic mass is 9.88. The second kappa shape index (κ2) is 11.3. The van der Waals surface area contributed by atoms with E-state index in [2.05, 4.69) is 66.1 Å². The molecule has 0 radical (unpaired) electrons. The Hall–Kier alpha value is -1.64. The molecule has 1 heterocycles. The summed E-state index contributed by atoms with van der Waals surface area (Å²) in [5, 5.41) is 7.23. The average Bonchev–Trinajstić information content (AvgIpc) is 2.79. The molecule has 1 saturated heterocycles. The van der Waals surface area contributed by atoms with E-state index in [1.54, 1.807) is 0 Å². The van der Waals surface area contributed by atoms with Crippen LogP contribution in [0, 0.1) is 0 Å². The maximum Gasteiger partial charge on any atom is 0.193 e. The molecule has 1 fully saturated rings. The summed E-state index contributed by atoms with van der Waals surface area (Å²) < 4.78 is 5.64. The van der Waals surface area contributed by atoms with Crippen LogP contribution in [0.5, 0.6) is 0 Å². The number of benzene rings is 2. The van der Waals surface area contributed by atoms with Crippen LogP contribution in [-0.2, 0) is 17.6 Å². The van der Waals surface area contributed by atoms with Crippen LogP contribution in [0.15, 0.2) is 53.5 Å². The first kappa shape index (κ1) is 24.0. The second-order valence-electron chi connectivity index (χ2n) is 8.65. The molecule has 4 rings (SSSR count). The van der Waals surface area contributed by atoms with Crippen molar-refractivity contribution < 1.29 is 4.74 Å². The van der Waals surface area contributed by atoms with Crippen LogP contribution in [0.2, 0.25) is 0 Å². The van der Waals surface area contributed by atoms with Crippen molar-refractivity contribution >= 4 is 35.6 Å². The van der Waals surface area contributed by atoms with Crippen LogP contribution < -0.4 is 16.4 Å². The molecule has 2 aromatic carbocycles. The molecule has 1 atom stereocenters. The molecule has 0 saturated carbocycles. The van der Waals surface area contributed by atoms with Crippen molar-refractivity contribution in [3.63, 3.8) is 0 Å². The lowest BCUT2D eigenvalue weighted by molar-refractivity contribution is 0.0375. The van der Waals surface area contributed by atoms with Gasteiger partial charge in [-0.2, -0.15) is 0 Å². The molecule has 4 N–H and O–H groups in total. The Balaban J connectivity index is 0.00000272. The second-order valence-corrected chi connectivity index (χ2v) is 8.65. The van der Waals surface area contributed by atoms with E-state index in [0.29, 0.717) is 12.5 Å². The van der Waals surface area contributed by atoms with E-state index in [-0.39, 0.29) is 35.6 Å². The first-order chi connectivity index (χ1) is 14.7. The summed E-state index contributed by atoms with van der Waals surface area (Å²) in [4.78, 5) is 4.78. The first-order valence-corrected chi connectivity index (χ1v) is 11.2. The Morgan fingerprint density at radius 3 is 2.58 bits per heavy atom. The number of hydrogen-bond donors (Lipinski definition) is 3. The van der Waals surface area contributed by atoms with Gasteiger partial charge in [0, 0.05) is 30.5 Å². The largest absolute Gasteiger partial charge is 0.381 e. The average molecular weight is 534 g/mol. The van der Waals surface area contributed by atoms with Gasteiger partial charge in [0.15, 0.2) is 5.96 Å². The maximum absolute atomic E-state index is 6.34. The minimum Gasteiger partial charge on any atom is -0.381 e. The molecule has 6 heteroatoms. The molecular weight excluding hydrogens is 499 g/mol. The third-order valence-electron chi connectivity index (χ3n) is 6.48. The quantitative estimate of drug-likeness (QED) is 0.283. The van der Waals surface area contributed by atoms with E-state index in [1.165, 1.54) is 29.5 Å². The van der Waals surface area contributed by atoms with Crippen LogP contribution in [0.25, 0.3) is 0 Å². The summed E-state index contributed by atoms with van der Waals surface area (Å²) >= 11 is 0. The number of aliphatic imine (C=N–C) groups is 1. The summed E-state index contributed by atoms with van der Waals surface area (Å²) in [6.07, 6.45) is 6.65. The summed E-state index contributed by atoms with van der Waals surface area (Å²) in [5.74, 6) is 0.494. The fourth-order valence-corrected chi connectivity index (χ4v) is 4.71. The zero-order chi connectivity index (χ0) is 20.8. The number of halogens is 1. The number of rotatable bonds is 6. The SMILES string of the molecule is CC(NC1(CN=C(N)Nc2cccc3c2CCCC3)CCOCC1)c1ccccc1.I. The highest BCUT2D eigenvalue weighted by atomic mass is 127. The molecule has 0 spiro atoms. The number of nitrogens with one attached hydrogen (secondary N) is 2. The van der Waals surface area contributed by atoms with Crippen molar-refractivity contribution in [2.45, 2.75) is 57.0 Å². The van der Waals surface area contributed by atoms with Gasteiger partial charge in [-0.25, -0.2) is 0 Å². The minimum atomic E-state index is -0.101. The predicted octanol–water partition coefficient (Wildman–Crippen LogP) is 4.81. The standard InChI is InChI=1S/C25H34N4O.HI/c1-19(20-8-3-2-4-9-20)29-25(14-16-30-17-15-25)18-27-24(26)28-23-13-7-11-21-10-5-6-12-22(21)23;/h2-4,7-9,11,13,19,29H,5-6,10,12,14-18H2,1H3,(H3,26,27,28);1H. The number of guanidine groups is 1. The summed E-state index contributed by atoms with van der Waals surface area (Å²) in [5.41, 5.74) is 11.5. The molecule has 31 heavy (non-hydrogen) atoms. The summed E-state index contributed by atoms with van der Waals surface area (Å²) in [6.45, 7) is 4.36. The van der Waals surface area contributed by atoms with Crippen LogP contribution in [-0.4, -0.2) is 31.3 Å². The molecule has 1 unspecified atom stereocenters. The van der Waals surface area contributed by atoms with Crippen LogP contribution >= 0.6 is 24.0 Å². The molecule has 0 bridgehead atoms. The fourth-order valence-electron chi connectivity index (χ4n) is 4.71. The summed E-state index contributed by atoms with van der Waals surface area (Å²) in [6, 6.07) is 17.3. The number of aryl methyl sites for hydroxylation is 1. The van der Waals surface area contributed by atoms with Gasteiger partial charge < -0.3 is 21.1 Å². The van der Waals surface area contributed by atoms with Crippen molar-refractivity contribution in [3.05, 3.63) is 65.2 Å². The van der Waals surface area contributed by atoms with Crippen molar-refractivity contribution in [2.75, 3.05) is 25.1 Å². The van der Waals surface area contributed by atoms with Crippen LogP contribution in [0.4, 0.5) is 5.69 Å². The van der Waals surface area contributed by atoms with E-state index < -0.39 is 0 Å². The van der Waals surface area contributed by atoms with Crippen molar-refractivity contribution in [1.82, 2.24) is 5.32 Å². The molecule has 1 aliphatic heterocycles. The van der Waals surface area contributed by atoms with Gasteiger partial charge in [0.05, 0.1) is 6.54 Å². The summed E-state index contributed by atoms with van der Waals surface area (Å²) in [7, 11) is 0. The monoisotopic (exact) mass is 534 g/mol. The van der Waals surface area contributed by atoms with Gasteiger partial charge in [-0.05, 0) is 68.2 Å². The van der Waals surface area contributed by atoms with Gasteiger partial charge in [-0.15, -0.1) is 24.0 Å². The molecule has 2 aromatic rings. The number of ether oxygens (including phenoxy) is 1. The zero-order valence-electron chi connectivity index (χ0n) is 18.4. The number of fused-ring (bicyclic) bond motifs is 1. The van der Waals surface area contributed by atoms with E-state index >= 15 is 0 Å². The van der Waals surface area contributed by atoms with Gasteiger partial charge >= 0.3 is 0 Å². The third kappa shape index (κ3) is 6.20. The topological polar surface area (TPSA) is 71.7 Å². The Labute approximate surface area is 203 Å². The number of nitrogens with two attached hydrogens (primary N) is 1. The van der Waals surface area contributed by atoms with Crippen molar-refractivity contribution in [1.29, 1.82) is 0 Å². The van der Waals surface area contributed by atoms with Gasteiger partial charge in [0.1, 0.15) is 0 Å². The maximum atomic E-state index is 6.34. The Morgan fingerprint density at radius 1 is 1.06 bits per heavy atom. The molecule has 1 aliphatic carbocycles. The minimum absolute atomic E-state index is 0. The van der Waals surface area contributed by atoms with Gasteiger partial charge in [-0.1, -0.05) is 42.5 Å². The van der Waals surface area contributed by atoms with Crippen LogP contribution in [0.1, 0.15) is 55.3 Å². The molecule has 5 nitrogen and oxygen atoms in total. The smallest absolute Gasteiger partial charge is 0.193 e. The van der Waals surface area contributed by atoms with Gasteiger partial charge in [0.25, 0.3) is 0 Å². The Kier molecular flexibility index (Phi) is 8.75.